The van der Waals surface area contributed by atoms with E-state index in [-0.39, 0.29) is 5.56 Å². The van der Waals surface area contributed by atoms with Crippen molar-refractivity contribution >= 4 is 5.82 Å². The van der Waals surface area contributed by atoms with E-state index in [0.29, 0.717) is 48.9 Å². The van der Waals surface area contributed by atoms with Gasteiger partial charge < -0.3 is 24.7 Å². The molecule has 3 aromatic rings. The van der Waals surface area contributed by atoms with Gasteiger partial charge in [-0.3, -0.25) is 4.79 Å². The molecule has 32 heavy (non-hydrogen) atoms. The molecule has 0 amide bonds. The largest absolute Gasteiger partial charge is 0.456 e. The Morgan fingerprint density at radius 3 is 2.72 bits per heavy atom. The highest BCUT2D eigenvalue weighted by Gasteiger charge is 2.16. The van der Waals surface area contributed by atoms with Crippen LogP contribution >= 0.6 is 0 Å². The maximum Gasteiger partial charge on any atom is 0.251 e. The molecule has 0 radical (unpaired) electrons. The number of hydrogen-bond donors (Lipinski definition) is 1. The number of anilines is 1. The van der Waals surface area contributed by atoms with Crippen LogP contribution in [0.2, 0.25) is 0 Å². The molecule has 1 fully saturated rings. The van der Waals surface area contributed by atoms with Gasteiger partial charge in [-0.05, 0) is 36.8 Å². The molecule has 1 saturated heterocycles. The van der Waals surface area contributed by atoms with Gasteiger partial charge in [-0.2, -0.15) is 5.26 Å². The Bertz CT molecular complexity index is 1210. The lowest BCUT2D eigenvalue weighted by Gasteiger charge is -2.28. The van der Waals surface area contributed by atoms with E-state index in [2.05, 4.69) is 16.0 Å². The lowest BCUT2D eigenvalue weighted by atomic mass is 10.0. The monoisotopic (exact) mass is 431 g/mol. The molecule has 2 N–H and O–H groups in total. The SMILES string of the molecule is Cc1cc(Oc2cc(C#N)ccc2-c2ccn(CCN)c(=O)c2)cc(N2CCOCC2)n1. The molecule has 4 rings (SSSR count). The van der Waals surface area contributed by atoms with Gasteiger partial charge in [-0.25, -0.2) is 4.98 Å². The molecule has 0 aliphatic carbocycles. The zero-order valence-electron chi connectivity index (χ0n) is 18.0. The van der Waals surface area contributed by atoms with Gasteiger partial charge >= 0.3 is 0 Å². The predicted molar refractivity (Wildman–Crippen MR) is 122 cm³/mol. The molecule has 8 nitrogen and oxygen atoms in total. The topological polar surface area (TPSA) is 106 Å². The fourth-order valence-electron chi connectivity index (χ4n) is 3.67. The summed E-state index contributed by atoms with van der Waals surface area (Å²) >= 11 is 0. The molecule has 1 aliphatic rings. The van der Waals surface area contributed by atoms with Crippen LogP contribution in [0.15, 0.2) is 53.5 Å². The molecule has 1 aliphatic heterocycles. The van der Waals surface area contributed by atoms with E-state index >= 15 is 0 Å². The van der Waals surface area contributed by atoms with Crippen molar-refractivity contribution in [1.82, 2.24) is 9.55 Å². The van der Waals surface area contributed by atoms with E-state index in [4.69, 9.17) is 15.2 Å². The maximum atomic E-state index is 12.5. The fourth-order valence-corrected chi connectivity index (χ4v) is 3.67. The van der Waals surface area contributed by atoms with Crippen LogP contribution in [0.25, 0.3) is 11.1 Å². The average molecular weight is 431 g/mol. The number of rotatable bonds is 6. The van der Waals surface area contributed by atoms with Crippen LogP contribution in [-0.2, 0) is 11.3 Å². The van der Waals surface area contributed by atoms with Gasteiger partial charge in [0.2, 0.25) is 0 Å². The third-order valence-corrected chi connectivity index (χ3v) is 5.26. The first-order valence-corrected chi connectivity index (χ1v) is 10.5. The smallest absolute Gasteiger partial charge is 0.251 e. The molecule has 0 atom stereocenters. The highest BCUT2D eigenvalue weighted by atomic mass is 16.5. The van der Waals surface area contributed by atoms with Crippen LogP contribution in [-0.4, -0.2) is 42.4 Å². The molecule has 0 spiro atoms. The normalized spacial score (nSPS) is 13.6. The average Bonchev–Trinajstić information content (AvgIpc) is 2.81. The summed E-state index contributed by atoms with van der Waals surface area (Å²) in [6.07, 6.45) is 1.72. The molecular formula is C24H25N5O3. The van der Waals surface area contributed by atoms with Gasteiger partial charge in [-0.15, -0.1) is 0 Å². The number of benzene rings is 1. The van der Waals surface area contributed by atoms with E-state index in [1.165, 1.54) is 0 Å². The molecule has 0 saturated carbocycles. The van der Waals surface area contributed by atoms with Gasteiger partial charge in [0.15, 0.2) is 0 Å². The molecule has 3 heterocycles. The first kappa shape index (κ1) is 21.6. The Kier molecular flexibility index (Phi) is 6.50. The summed E-state index contributed by atoms with van der Waals surface area (Å²) in [5.41, 5.74) is 8.16. The second-order valence-corrected chi connectivity index (χ2v) is 7.56. The maximum absolute atomic E-state index is 12.5. The van der Waals surface area contributed by atoms with Crippen LogP contribution in [0.1, 0.15) is 11.3 Å². The summed E-state index contributed by atoms with van der Waals surface area (Å²) in [5.74, 6) is 1.94. The summed E-state index contributed by atoms with van der Waals surface area (Å²) in [6.45, 7) is 5.62. The number of pyridine rings is 2. The predicted octanol–water partition coefficient (Wildman–Crippen LogP) is 2.68. The van der Waals surface area contributed by atoms with Crippen LogP contribution in [0.5, 0.6) is 11.5 Å². The Labute approximate surface area is 186 Å². The first-order valence-electron chi connectivity index (χ1n) is 10.5. The number of aryl methyl sites for hydroxylation is 1. The number of morpholine rings is 1. The number of nitrogens with zero attached hydrogens (tertiary/aromatic N) is 4. The van der Waals surface area contributed by atoms with Crippen molar-refractivity contribution in [2.75, 3.05) is 37.7 Å². The summed E-state index contributed by atoms with van der Waals surface area (Å²) < 4.78 is 13.3. The van der Waals surface area contributed by atoms with Gasteiger partial charge in [0.05, 0.1) is 24.8 Å². The number of nitriles is 1. The number of ether oxygens (including phenoxy) is 2. The molecule has 0 bridgehead atoms. The van der Waals surface area contributed by atoms with E-state index < -0.39 is 0 Å². The van der Waals surface area contributed by atoms with Crippen molar-refractivity contribution in [3.05, 3.63) is 70.3 Å². The Morgan fingerprint density at radius 1 is 1.19 bits per heavy atom. The molecule has 8 heteroatoms. The van der Waals surface area contributed by atoms with Crippen molar-refractivity contribution in [2.24, 2.45) is 5.73 Å². The van der Waals surface area contributed by atoms with Crippen molar-refractivity contribution in [2.45, 2.75) is 13.5 Å². The molecule has 1 aromatic carbocycles. The first-order chi connectivity index (χ1) is 15.6. The number of nitrogens with two attached hydrogens (primary N) is 1. The summed E-state index contributed by atoms with van der Waals surface area (Å²) in [6, 6.07) is 14.5. The number of hydrogen-bond acceptors (Lipinski definition) is 7. The Hall–Kier alpha value is -3.67. The molecule has 164 valence electrons. The van der Waals surface area contributed by atoms with Gasteiger partial charge in [0.25, 0.3) is 5.56 Å². The molecular weight excluding hydrogens is 406 g/mol. The van der Waals surface area contributed by atoms with Crippen LogP contribution in [0.4, 0.5) is 5.82 Å². The zero-order valence-corrected chi connectivity index (χ0v) is 18.0. The highest BCUT2D eigenvalue weighted by Crippen LogP contribution is 2.35. The minimum Gasteiger partial charge on any atom is -0.456 e. The third kappa shape index (κ3) is 4.80. The summed E-state index contributed by atoms with van der Waals surface area (Å²) in [4.78, 5) is 19.2. The Morgan fingerprint density at radius 2 is 2.00 bits per heavy atom. The van der Waals surface area contributed by atoms with Gasteiger partial charge in [0.1, 0.15) is 17.3 Å². The molecule has 0 unspecified atom stereocenters. The molecule has 2 aromatic heterocycles. The standard InChI is InChI=1S/C24H25N5O3/c1-17-12-20(15-23(27-17)28-8-10-31-11-9-28)32-22-13-18(16-26)2-3-21(22)19-4-6-29(7-5-25)24(30)14-19/h2-4,6,12-15H,5,7-11,25H2,1H3. The van der Waals surface area contributed by atoms with Crippen LogP contribution in [0.3, 0.4) is 0 Å². The van der Waals surface area contributed by atoms with E-state index in [9.17, 15) is 10.1 Å². The van der Waals surface area contributed by atoms with Gasteiger partial charge in [0, 0.05) is 61.8 Å². The van der Waals surface area contributed by atoms with E-state index in [0.717, 1.165) is 30.2 Å². The second-order valence-electron chi connectivity index (χ2n) is 7.56. The highest BCUT2D eigenvalue weighted by molar-refractivity contribution is 5.72. The van der Waals surface area contributed by atoms with Crippen LogP contribution < -0.4 is 20.9 Å². The lowest BCUT2D eigenvalue weighted by molar-refractivity contribution is 0.122. The third-order valence-electron chi connectivity index (χ3n) is 5.26. The van der Waals surface area contributed by atoms with E-state index in [1.54, 1.807) is 35.0 Å². The minimum atomic E-state index is -0.141. The number of aromatic nitrogens is 2. The second kappa shape index (κ2) is 9.64. The van der Waals surface area contributed by atoms with Gasteiger partial charge in [-0.1, -0.05) is 0 Å². The summed E-state index contributed by atoms with van der Waals surface area (Å²) in [7, 11) is 0. The van der Waals surface area contributed by atoms with Crippen molar-refractivity contribution < 1.29 is 9.47 Å². The fraction of sp³-hybridized carbons (Fsp3) is 0.292. The van der Waals surface area contributed by atoms with Crippen molar-refractivity contribution in [3.8, 4) is 28.7 Å². The quantitative estimate of drug-likeness (QED) is 0.639. The minimum absolute atomic E-state index is 0.141. The zero-order chi connectivity index (χ0) is 22.5. The lowest BCUT2D eigenvalue weighted by Crippen LogP contribution is -2.36. The van der Waals surface area contributed by atoms with E-state index in [1.807, 2.05) is 25.1 Å². The summed E-state index contributed by atoms with van der Waals surface area (Å²) in [5, 5.41) is 9.39. The van der Waals surface area contributed by atoms with Crippen molar-refractivity contribution in [3.63, 3.8) is 0 Å². The Balaban J connectivity index is 1.71. The van der Waals surface area contributed by atoms with Crippen molar-refractivity contribution in [1.29, 1.82) is 5.26 Å². The van der Waals surface area contributed by atoms with Crippen LogP contribution in [0, 0.1) is 18.3 Å².